The molecule has 0 aliphatic heterocycles. The highest BCUT2D eigenvalue weighted by Gasteiger charge is 2.06. The van der Waals surface area contributed by atoms with Crippen molar-refractivity contribution < 1.29 is 14.7 Å². The number of phenolic OH excluding ortho intramolecular Hbond substituents is 1. The molecular formula is C16H15N3O3. The van der Waals surface area contributed by atoms with E-state index in [1.165, 1.54) is 12.3 Å². The highest BCUT2D eigenvalue weighted by Crippen LogP contribution is 2.12. The minimum atomic E-state index is -0.462. The Bertz CT molecular complexity index is 684. The molecule has 0 fully saturated rings. The van der Waals surface area contributed by atoms with Gasteiger partial charge in [0.05, 0.1) is 12.8 Å². The third-order valence-electron chi connectivity index (χ3n) is 2.78. The lowest BCUT2D eigenvalue weighted by atomic mass is 10.2. The molecule has 0 aromatic heterocycles. The van der Waals surface area contributed by atoms with Crippen LogP contribution in [0, 0.1) is 0 Å². The first-order valence-corrected chi connectivity index (χ1v) is 6.60. The fourth-order valence-electron chi connectivity index (χ4n) is 1.66. The maximum Gasteiger partial charge on any atom is 0.259 e. The van der Waals surface area contributed by atoms with Gasteiger partial charge in [0, 0.05) is 11.1 Å². The summed E-state index contributed by atoms with van der Waals surface area (Å²) in [5.74, 6) is -0.728. The average Bonchev–Trinajstić information content (AvgIpc) is 2.55. The van der Waals surface area contributed by atoms with Gasteiger partial charge in [-0.3, -0.25) is 9.59 Å². The Balaban J connectivity index is 1.79. The lowest BCUT2D eigenvalue weighted by Crippen LogP contribution is -2.34. The number of carbonyl (C=O) groups is 2. The number of para-hydroxylation sites is 1. The second kappa shape index (κ2) is 7.58. The second-order valence-corrected chi connectivity index (χ2v) is 4.40. The number of hydrogen-bond acceptors (Lipinski definition) is 4. The predicted octanol–water partition coefficient (Wildman–Crippen LogP) is 1.27. The molecule has 0 aliphatic rings. The zero-order valence-electron chi connectivity index (χ0n) is 11.7. The van der Waals surface area contributed by atoms with E-state index in [0.29, 0.717) is 11.1 Å². The summed E-state index contributed by atoms with van der Waals surface area (Å²) in [7, 11) is 0. The molecule has 3 N–H and O–H groups in total. The van der Waals surface area contributed by atoms with Crippen molar-refractivity contribution in [3.63, 3.8) is 0 Å². The van der Waals surface area contributed by atoms with Gasteiger partial charge in [0.2, 0.25) is 0 Å². The summed E-state index contributed by atoms with van der Waals surface area (Å²) in [5.41, 5.74) is 3.23. The lowest BCUT2D eigenvalue weighted by Gasteiger charge is -2.04. The zero-order chi connectivity index (χ0) is 15.8. The van der Waals surface area contributed by atoms with Crippen LogP contribution in [0.4, 0.5) is 0 Å². The van der Waals surface area contributed by atoms with Gasteiger partial charge >= 0.3 is 0 Å². The van der Waals surface area contributed by atoms with Gasteiger partial charge in [-0.05, 0) is 24.3 Å². The molecule has 0 aliphatic carbocycles. The van der Waals surface area contributed by atoms with Crippen molar-refractivity contribution in [1.82, 2.24) is 10.7 Å². The molecule has 22 heavy (non-hydrogen) atoms. The number of benzene rings is 2. The van der Waals surface area contributed by atoms with Crippen LogP contribution in [0.25, 0.3) is 0 Å². The van der Waals surface area contributed by atoms with Crippen LogP contribution in [0.2, 0.25) is 0 Å². The summed E-state index contributed by atoms with van der Waals surface area (Å²) in [6, 6.07) is 15.2. The quantitative estimate of drug-likeness (QED) is 0.573. The number of aromatic hydroxyl groups is 1. The maximum absolute atomic E-state index is 11.7. The van der Waals surface area contributed by atoms with Crippen LogP contribution in [-0.2, 0) is 4.79 Å². The molecule has 6 nitrogen and oxygen atoms in total. The number of nitrogens with zero attached hydrogens (tertiary/aromatic N) is 1. The monoisotopic (exact) mass is 297 g/mol. The Labute approximate surface area is 127 Å². The van der Waals surface area contributed by atoms with Gasteiger partial charge < -0.3 is 10.4 Å². The summed E-state index contributed by atoms with van der Waals surface area (Å²) in [5, 5.41) is 15.7. The van der Waals surface area contributed by atoms with E-state index in [9.17, 15) is 14.7 Å². The van der Waals surface area contributed by atoms with Crippen molar-refractivity contribution in [3.8, 4) is 5.75 Å². The molecule has 112 valence electrons. The van der Waals surface area contributed by atoms with Gasteiger partial charge in [-0.15, -0.1) is 0 Å². The van der Waals surface area contributed by atoms with Gasteiger partial charge in [0.25, 0.3) is 11.8 Å². The summed E-state index contributed by atoms with van der Waals surface area (Å²) in [6.07, 6.45) is 1.33. The number of hydrazone groups is 1. The molecular weight excluding hydrogens is 282 g/mol. The second-order valence-electron chi connectivity index (χ2n) is 4.40. The van der Waals surface area contributed by atoms with Crippen LogP contribution in [0.3, 0.4) is 0 Å². The Kier molecular flexibility index (Phi) is 5.25. The SMILES string of the molecule is O=C(CNC(=O)c1ccccc1)N/N=C\c1ccccc1O. The fourth-order valence-corrected chi connectivity index (χ4v) is 1.66. The van der Waals surface area contributed by atoms with Gasteiger partial charge in [-0.1, -0.05) is 30.3 Å². The van der Waals surface area contributed by atoms with Gasteiger partial charge in [0.15, 0.2) is 0 Å². The first kappa shape index (κ1) is 15.2. The number of carbonyl (C=O) groups excluding carboxylic acids is 2. The van der Waals surface area contributed by atoms with Crippen molar-refractivity contribution in [3.05, 3.63) is 65.7 Å². The molecule has 2 amide bonds. The molecule has 2 aromatic carbocycles. The molecule has 0 atom stereocenters. The topological polar surface area (TPSA) is 90.8 Å². The van der Waals surface area contributed by atoms with Gasteiger partial charge in [-0.25, -0.2) is 5.43 Å². The van der Waals surface area contributed by atoms with E-state index in [1.54, 1.807) is 48.5 Å². The minimum Gasteiger partial charge on any atom is -0.507 e. The van der Waals surface area contributed by atoms with E-state index in [0.717, 1.165) is 0 Å². The highest BCUT2D eigenvalue weighted by atomic mass is 16.3. The van der Waals surface area contributed by atoms with Crippen LogP contribution in [0.15, 0.2) is 59.7 Å². The molecule has 0 bridgehead atoms. The largest absolute Gasteiger partial charge is 0.507 e. The molecule has 0 radical (unpaired) electrons. The smallest absolute Gasteiger partial charge is 0.259 e. The first-order valence-electron chi connectivity index (χ1n) is 6.60. The van der Waals surface area contributed by atoms with E-state index in [2.05, 4.69) is 15.8 Å². The Morgan fingerprint density at radius 1 is 1.05 bits per heavy atom. The first-order chi connectivity index (χ1) is 10.7. The van der Waals surface area contributed by atoms with Gasteiger partial charge in [0.1, 0.15) is 5.75 Å². The standard InChI is InChI=1S/C16H15N3O3/c20-14-9-5-4-8-13(14)10-18-19-15(21)11-17-16(22)12-6-2-1-3-7-12/h1-10,20H,11H2,(H,17,22)(H,19,21)/b18-10-. The third kappa shape index (κ3) is 4.45. The number of phenols is 1. The van der Waals surface area contributed by atoms with E-state index >= 15 is 0 Å². The summed E-state index contributed by atoms with van der Waals surface area (Å²) in [4.78, 5) is 23.3. The number of amides is 2. The zero-order valence-corrected chi connectivity index (χ0v) is 11.7. The van der Waals surface area contributed by atoms with Gasteiger partial charge in [-0.2, -0.15) is 5.10 Å². The van der Waals surface area contributed by atoms with Crippen molar-refractivity contribution >= 4 is 18.0 Å². The van der Waals surface area contributed by atoms with Crippen LogP contribution >= 0.6 is 0 Å². The predicted molar refractivity (Wildman–Crippen MR) is 82.6 cm³/mol. The molecule has 2 aromatic rings. The lowest BCUT2D eigenvalue weighted by molar-refractivity contribution is -0.120. The van der Waals surface area contributed by atoms with E-state index in [-0.39, 0.29) is 18.2 Å². The van der Waals surface area contributed by atoms with E-state index in [1.807, 2.05) is 0 Å². The van der Waals surface area contributed by atoms with Crippen LogP contribution < -0.4 is 10.7 Å². The van der Waals surface area contributed by atoms with Crippen LogP contribution in [-0.4, -0.2) is 29.7 Å². The average molecular weight is 297 g/mol. The highest BCUT2D eigenvalue weighted by molar-refractivity contribution is 5.96. The minimum absolute atomic E-state index is 0.0675. The van der Waals surface area contributed by atoms with Crippen molar-refractivity contribution in [2.24, 2.45) is 5.10 Å². The fraction of sp³-hybridized carbons (Fsp3) is 0.0625. The Morgan fingerprint density at radius 3 is 2.45 bits per heavy atom. The van der Waals surface area contributed by atoms with Crippen LogP contribution in [0.1, 0.15) is 15.9 Å². The molecule has 0 unspecified atom stereocenters. The van der Waals surface area contributed by atoms with Crippen molar-refractivity contribution in [1.29, 1.82) is 0 Å². The third-order valence-corrected chi connectivity index (χ3v) is 2.78. The number of hydrogen-bond donors (Lipinski definition) is 3. The normalized spacial score (nSPS) is 10.4. The summed E-state index contributed by atoms with van der Waals surface area (Å²) in [6.45, 7) is -0.189. The Hall–Kier alpha value is -3.15. The molecule has 0 heterocycles. The molecule has 0 spiro atoms. The maximum atomic E-state index is 11.7. The molecule has 6 heteroatoms. The molecule has 0 saturated carbocycles. The number of nitrogens with one attached hydrogen (secondary N) is 2. The molecule has 0 saturated heterocycles. The summed E-state index contributed by atoms with van der Waals surface area (Å²) < 4.78 is 0. The van der Waals surface area contributed by atoms with Crippen LogP contribution in [0.5, 0.6) is 5.75 Å². The number of rotatable bonds is 5. The van der Waals surface area contributed by atoms with Crippen molar-refractivity contribution in [2.45, 2.75) is 0 Å². The summed E-state index contributed by atoms with van der Waals surface area (Å²) >= 11 is 0. The Morgan fingerprint density at radius 2 is 1.73 bits per heavy atom. The molecule has 2 rings (SSSR count). The van der Waals surface area contributed by atoms with E-state index in [4.69, 9.17) is 0 Å². The van der Waals surface area contributed by atoms with E-state index < -0.39 is 5.91 Å². The van der Waals surface area contributed by atoms with Crippen molar-refractivity contribution in [2.75, 3.05) is 6.54 Å².